The second kappa shape index (κ2) is 6.24. The molecule has 1 aromatic carbocycles. The van der Waals surface area contributed by atoms with Gasteiger partial charge < -0.3 is 15.4 Å². The first kappa shape index (κ1) is 15.1. The minimum Gasteiger partial charge on any atom is -0.480 e. The number of carbonyl (C=O) groups excluding carboxylic acids is 1. The smallest absolute Gasteiger partial charge is 0.261 e. The third kappa shape index (κ3) is 2.76. The molecule has 2 N–H and O–H groups in total. The summed E-state index contributed by atoms with van der Waals surface area (Å²) < 4.78 is 5.76. The lowest BCUT2D eigenvalue weighted by molar-refractivity contribution is -0.127. The number of ether oxygens (including phenoxy) is 1. The van der Waals surface area contributed by atoms with E-state index in [0.29, 0.717) is 13.0 Å². The van der Waals surface area contributed by atoms with Gasteiger partial charge in [-0.05, 0) is 48.2 Å². The monoisotopic (exact) mass is 323 g/mol. The number of hydrogen-bond donors (Lipinski definition) is 2. The Hall–Kier alpha value is -2.40. The zero-order valence-corrected chi connectivity index (χ0v) is 13.8. The molecule has 0 bridgehead atoms. The molecule has 0 spiro atoms. The first-order valence-corrected chi connectivity index (χ1v) is 8.41. The Bertz CT molecular complexity index is 763. The summed E-state index contributed by atoms with van der Waals surface area (Å²) in [6, 6.07) is 7.83. The van der Waals surface area contributed by atoms with Crippen molar-refractivity contribution in [3.8, 4) is 5.75 Å². The highest BCUT2D eigenvalue weighted by atomic mass is 16.5. The van der Waals surface area contributed by atoms with Gasteiger partial charge >= 0.3 is 0 Å². The standard InChI is InChI=1S/C19H21N3O2/c1-12-16(15-6-7-20-9-14(15)10-21-12)11-22-19(23)18-8-13-4-2-3-5-17(13)24-18/h2-5,10,18,20H,6-9,11H2,1H3,(H,22,23). The number of amides is 1. The molecule has 1 atom stereocenters. The van der Waals surface area contributed by atoms with Crippen LogP contribution in [0.15, 0.2) is 30.5 Å². The zero-order valence-electron chi connectivity index (χ0n) is 13.8. The molecule has 0 saturated heterocycles. The number of nitrogens with zero attached hydrogens (tertiary/aromatic N) is 1. The van der Waals surface area contributed by atoms with Crippen molar-refractivity contribution >= 4 is 5.91 Å². The second-order valence-electron chi connectivity index (χ2n) is 6.39. The van der Waals surface area contributed by atoms with Gasteiger partial charge in [0, 0.05) is 31.4 Å². The van der Waals surface area contributed by atoms with E-state index >= 15 is 0 Å². The number of nitrogens with one attached hydrogen (secondary N) is 2. The van der Waals surface area contributed by atoms with Crippen molar-refractivity contribution in [2.75, 3.05) is 6.54 Å². The van der Waals surface area contributed by atoms with Crippen LogP contribution in [0.5, 0.6) is 5.75 Å². The molecule has 2 aliphatic heterocycles. The van der Waals surface area contributed by atoms with Crippen molar-refractivity contribution in [1.29, 1.82) is 0 Å². The highest BCUT2D eigenvalue weighted by molar-refractivity contribution is 5.82. The molecule has 2 aliphatic rings. The van der Waals surface area contributed by atoms with E-state index in [1.54, 1.807) is 0 Å². The van der Waals surface area contributed by atoms with Crippen LogP contribution >= 0.6 is 0 Å². The first-order valence-electron chi connectivity index (χ1n) is 8.41. The van der Waals surface area contributed by atoms with Gasteiger partial charge in [-0.2, -0.15) is 0 Å². The van der Waals surface area contributed by atoms with Crippen molar-refractivity contribution in [1.82, 2.24) is 15.6 Å². The summed E-state index contributed by atoms with van der Waals surface area (Å²) >= 11 is 0. The van der Waals surface area contributed by atoms with Gasteiger partial charge in [-0.25, -0.2) is 0 Å². The highest BCUT2D eigenvalue weighted by Crippen LogP contribution is 2.28. The van der Waals surface area contributed by atoms with Crippen LogP contribution in [0.4, 0.5) is 0 Å². The molecule has 1 amide bonds. The molecule has 124 valence electrons. The molecule has 24 heavy (non-hydrogen) atoms. The average Bonchev–Trinajstić information content (AvgIpc) is 3.05. The topological polar surface area (TPSA) is 63.2 Å². The quantitative estimate of drug-likeness (QED) is 0.902. The molecule has 4 rings (SSSR count). The van der Waals surface area contributed by atoms with E-state index < -0.39 is 6.10 Å². The Kier molecular flexibility index (Phi) is 3.94. The summed E-state index contributed by atoms with van der Waals surface area (Å²) in [5.74, 6) is 0.760. The van der Waals surface area contributed by atoms with Crippen molar-refractivity contribution in [2.24, 2.45) is 0 Å². The molecule has 5 nitrogen and oxygen atoms in total. The van der Waals surface area contributed by atoms with Crippen LogP contribution in [0, 0.1) is 6.92 Å². The van der Waals surface area contributed by atoms with Gasteiger partial charge in [0.1, 0.15) is 5.75 Å². The number of carbonyl (C=O) groups is 1. The maximum atomic E-state index is 12.5. The molecule has 2 aromatic rings. The lowest BCUT2D eigenvalue weighted by Crippen LogP contribution is -2.37. The van der Waals surface area contributed by atoms with Crippen LogP contribution in [-0.2, 0) is 30.7 Å². The van der Waals surface area contributed by atoms with Crippen molar-refractivity contribution in [3.05, 3.63) is 58.4 Å². The molecule has 0 fully saturated rings. The third-order valence-corrected chi connectivity index (χ3v) is 4.85. The predicted octanol–water partition coefficient (Wildman–Crippen LogP) is 1.66. The largest absolute Gasteiger partial charge is 0.480 e. The lowest BCUT2D eigenvalue weighted by Gasteiger charge is -2.22. The highest BCUT2D eigenvalue weighted by Gasteiger charge is 2.28. The van der Waals surface area contributed by atoms with Crippen molar-refractivity contribution in [2.45, 2.75) is 39.0 Å². The van der Waals surface area contributed by atoms with E-state index in [1.165, 1.54) is 11.1 Å². The molecule has 0 saturated carbocycles. The fourth-order valence-corrected chi connectivity index (χ4v) is 3.50. The first-order chi connectivity index (χ1) is 11.7. The van der Waals surface area contributed by atoms with Gasteiger partial charge in [-0.3, -0.25) is 9.78 Å². The fraction of sp³-hybridized carbons (Fsp3) is 0.368. The number of rotatable bonds is 3. The maximum absolute atomic E-state index is 12.5. The minimum atomic E-state index is -0.433. The van der Waals surface area contributed by atoms with Crippen LogP contribution in [0.2, 0.25) is 0 Å². The summed E-state index contributed by atoms with van der Waals surface area (Å²) in [5.41, 5.74) is 5.81. The van der Waals surface area contributed by atoms with Crippen molar-refractivity contribution < 1.29 is 9.53 Å². The predicted molar refractivity (Wildman–Crippen MR) is 90.8 cm³/mol. The van der Waals surface area contributed by atoms with E-state index in [2.05, 4.69) is 15.6 Å². The van der Waals surface area contributed by atoms with E-state index in [-0.39, 0.29) is 5.91 Å². The van der Waals surface area contributed by atoms with E-state index in [9.17, 15) is 4.79 Å². The Labute approximate surface area is 141 Å². The zero-order chi connectivity index (χ0) is 16.5. The van der Waals surface area contributed by atoms with E-state index in [0.717, 1.165) is 42.1 Å². The summed E-state index contributed by atoms with van der Waals surface area (Å²) in [7, 11) is 0. The number of aromatic nitrogens is 1. The van der Waals surface area contributed by atoms with Gasteiger partial charge in [0.25, 0.3) is 5.91 Å². The van der Waals surface area contributed by atoms with E-state index in [1.807, 2.05) is 37.4 Å². The van der Waals surface area contributed by atoms with Gasteiger partial charge in [0.2, 0.25) is 0 Å². The number of fused-ring (bicyclic) bond motifs is 2. The second-order valence-corrected chi connectivity index (χ2v) is 6.39. The van der Waals surface area contributed by atoms with Gasteiger partial charge in [-0.15, -0.1) is 0 Å². The van der Waals surface area contributed by atoms with Crippen LogP contribution in [-0.4, -0.2) is 23.5 Å². The maximum Gasteiger partial charge on any atom is 0.261 e. The summed E-state index contributed by atoms with van der Waals surface area (Å²) in [4.78, 5) is 17.0. The molecule has 0 aliphatic carbocycles. The molecule has 1 aromatic heterocycles. The van der Waals surface area contributed by atoms with Crippen LogP contribution < -0.4 is 15.4 Å². The molecule has 0 radical (unpaired) electrons. The van der Waals surface area contributed by atoms with Crippen molar-refractivity contribution in [3.63, 3.8) is 0 Å². The summed E-state index contributed by atoms with van der Waals surface area (Å²) in [6.45, 7) is 4.34. The molecular formula is C19H21N3O2. The summed E-state index contributed by atoms with van der Waals surface area (Å²) in [6.07, 6.45) is 3.13. The number of pyridine rings is 1. The third-order valence-electron chi connectivity index (χ3n) is 4.85. The number of para-hydroxylation sites is 1. The fourth-order valence-electron chi connectivity index (χ4n) is 3.50. The van der Waals surface area contributed by atoms with Gasteiger partial charge in [-0.1, -0.05) is 18.2 Å². The molecule has 3 heterocycles. The Morgan fingerprint density at radius 2 is 2.25 bits per heavy atom. The minimum absolute atomic E-state index is 0.0582. The Morgan fingerprint density at radius 3 is 3.12 bits per heavy atom. The van der Waals surface area contributed by atoms with Crippen LogP contribution in [0.25, 0.3) is 0 Å². The SMILES string of the molecule is Cc1ncc2c(c1CNC(=O)C1Cc3ccccc3O1)CCNC2. The van der Waals surface area contributed by atoms with E-state index in [4.69, 9.17) is 4.74 Å². The normalized spacial score (nSPS) is 18.5. The molecule has 1 unspecified atom stereocenters. The molecule has 5 heteroatoms. The van der Waals surface area contributed by atoms with Crippen LogP contribution in [0.1, 0.15) is 27.9 Å². The number of aryl methyl sites for hydroxylation is 1. The average molecular weight is 323 g/mol. The summed E-state index contributed by atoms with van der Waals surface area (Å²) in [5, 5.41) is 6.40. The molecular weight excluding hydrogens is 302 g/mol. The number of benzene rings is 1. The number of hydrogen-bond acceptors (Lipinski definition) is 4. The Morgan fingerprint density at radius 1 is 1.38 bits per heavy atom. The van der Waals surface area contributed by atoms with Crippen LogP contribution in [0.3, 0.4) is 0 Å². The lowest BCUT2D eigenvalue weighted by atomic mass is 9.96. The van der Waals surface area contributed by atoms with Gasteiger partial charge in [0.05, 0.1) is 0 Å². The Balaban J connectivity index is 1.45. The van der Waals surface area contributed by atoms with Gasteiger partial charge in [0.15, 0.2) is 6.10 Å².